The van der Waals surface area contributed by atoms with Crippen LogP contribution in [0.2, 0.25) is 0 Å². The molecule has 7 heteroatoms. The fraction of sp³-hybridized carbons (Fsp3) is 0.929. The standard InChI is InChI=1S/C42H82N2O5/c1-7-12-16-20-22-26-30-38(28-24-18-14-9-3)41(46)48-34-32-44(40(45)37(6)36-43-11-5)33-35-49-42(47)39(29-25-19-15-10-4)31-27-23-21-17-13-8-2/h37-39,43H,7-36H2,1-6H3/p+1. The molecule has 0 heterocycles. The van der Waals surface area contributed by atoms with Crippen molar-refractivity contribution in [3.8, 4) is 0 Å². The first-order valence-corrected chi connectivity index (χ1v) is 21.3. The summed E-state index contributed by atoms with van der Waals surface area (Å²) in [7, 11) is 0. The van der Waals surface area contributed by atoms with E-state index in [9.17, 15) is 14.4 Å². The third-order valence-corrected chi connectivity index (χ3v) is 10.0. The molecule has 0 aromatic rings. The van der Waals surface area contributed by atoms with Crippen molar-refractivity contribution in [3.63, 3.8) is 0 Å². The average Bonchev–Trinajstić information content (AvgIpc) is 3.10. The van der Waals surface area contributed by atoms with E-state index < -0.39 is 0 Å². The van der Waals surface area contributed by atoms with Gasteiger partial charge in [0.25, 0.3) is 0 Å². The lowest BCUT2D eigenvalue weighted by Crippen LogP contribution is -2.85. The summed E-state index contributed by atoms with van der Waals surface area (Å²) >= 11 is 0. The van der Waals surface area contributed by atoms with Gasteiger partial charge < -0.3 is 19.7 Å². The first-order valence-electron chi connectivity index (χ1n) is 21.3. The third-order valence-electron chi connectivity index (χ3n) is 10.0. The first kappa shape index (κ1) is 47.4. The van der Waals surface area contributed by atoms with Crippen molar-refractivity contribution in [1.82, 2.24) is 4.90 Å². The molecule has 2 N–H and O–H groups in total. The van der Waals surface area contributed by atoms with Crippen LogP contribution in [0.15, 0.2) is 0 Å². The zero-order valence-electron chi connectivity index (χ0n) is 33.5. The number of quaternary nitrogens is 1. The van der Waals surface area contributed by atoms with Crippen molar-refractivity contribution in [2.45, 2.75) is 196 Å². The number of hydrogen-bond acceptors (Lipinski definition) is 5. The summed E-state index contributed by atoms with van der Waals surface area (Å²) < 4.78 is 11.7. The van der Waals surface area contributed by atoms with E-state index in [0.29, 0.717) is 19.6 Å². The van der Waals surface area contributed by atoms with Gasteiger partial charge in [-0.05, 0) is 39.5 Å². The quantitative estimate of drug-likeness (QED) is 0.0521. The Bertz CT molecular complexity index is 726. The van der Waals surface area contributed by atoms with Gasteiger partial charge in [-0.15, -0.1) is 0 Å². The largest absolute Gasteiger partial charge is 0.464 e. The second-order valence-electron chi connectivity index (χ2n) is 14.7. The summed E-state index contributed by atoms with van der Waals surface area (Å²) in [6, 6.07) is 0. The van der Waals surface area contributed by atoms with Crippen LogP contribution in [0.5, 0.6) is 0 Å². The number of esters is 2. The summed E-state index contributed by atoms with van der Waals surface area (Å²) in [4.78, 5) is 41.8. The summed E-state index contributed by atoms with van der Waals surface area (Å²) in [5.41, 5.74) is 0. The van der Waals surface area contributed by atoms with Crippen molar-refractivity contribution < 1.29 is 29.2 Å². The zero-order valence-corrected chi connectivity index (χ0v) is 33.5. The Morgan fingerprint density at radius 1 is 0.510 bits per heavy atom. The molecule has 3 atom stereocenters. The van der Waals surface area contributed by atoms with Gasteiger partial charge >= 0.3 is 11.9 Å². The van der Waals surface area contributed by atoms with Crippen molar-refractivity contribution in [1.29, 1.82) is 0 Å². The molecule has 3 unspecified atom stereocenters. The Morgan fingerprint density at radius 2 is 0.837 bits per heavy atom. The Morgan fingerprint density at radius 3 is 1.18 bits per heavy atom. The van der Waals surface area contributed by atoms with Crippen LogP contribution in [0.3, 0.4) is 0 Å². The highest BCUT2D eigenvalue weighted by molar-refractivity contribution is 5.78. The number of nitrogens with two attached hydrogens (primary N) is 1. The molecule has 7 nitrogen and oxygen atoms in total. The lowest BCUT2D eigenvalue weighted by molar-refractivity contribution is -0.655. The Kier molecular flexibility index (Phi) is 33.6. The van der Waals surface area contributed by atoms with Crippen LogP contribution in [0.1, 0.15) is 196 Å². The minimum Gasteiger partial charge on any atom is -0.464 e. The van der Waals surface area contributed by atoms with Crippen LogP contribution in [-0.2, 0) is 23.9 Å². The van der Waals surface area contributed by atoms with E-state index in [4.69, 9.17) is 9.47 Å². The molecule has 49 heavy (non-hydrogen) atoms. The normalized spacial score (nSPS) is 13.2. The monoisotopic (exact) mass is 696 g/mol. The van der Waals surface area contributed by atoms with Crippen LogP contribution in [-0.4, -0.2) is 62.1 Å². The molecule has 0 rings (SSSR count). The molecule has 0 aromatic heterocycles. The van der Waals surface area contributed by atoms with Gasteiger partial charge in [0.05, 0.1) is 43.9 Å². The van der Waals surface area contributed by atoms with Crippen molar-refractivity contribution in [3.05, 3.63) is 0 Å². The second kappa shape index (κ2) is 34.8. The first-order chi connectivity index (χ1) is 23.9. The SMILES string of the molecule is CCCCCCCCC(CCCCCC)C(=O)OCCN(CCOC(=O)C(CCCCCC)CCCCCCCC)C(=O)C(C)C[NH2+]CC. The van der Waals surface area contributed by atoms with Crippen LogP contribution in [0, 0.1) is 17.8 Å². The van der Waals surface area contributed by atoms with E-state index in [1.165, 1.54) is 89.9 Å². The average molecular weight is 696 g/mol. The minimum atomic E-state index is -0.163. The molecule has 0 aromatic carbocycles. The van der Waals surface area contributed by atoms with E-state index in [2.05, 4.69) is 39.9 Å². The lowest BCUT2D eigenvalue weighted by atomic mass is 9.94. The number of nitrogens with zero attached hydrogens (tertiary/aromatic N) is 1. The summed E-state index contributed by atoms with van der Waals surface area (Å²) in [5, 5.41) is 2.14. The molecule has 0 radical (unpaired) electrons. The molecule has 0 aliphatic carbocycles. The van der Waals surface area contributed by atoms with Gasteiger partial charge in [-0.3, -0.25) is 14.4 Å². The number of hydrogen-bond donors (Lipinski definition) is 1. The van der Waals surface area contributed by atoms with Gasteiger partial charge in [0, 0.05) is 0 Å². The molecule has 0 saturated heterocycles. The van der Waals surface area contributed by atoms with E-state index in [1.807, 2.05) is 6.92 Å². The molecule has 0 spiro atoms. The summed E-state index contributed by atoms with van der Waals surface area (Å²) in [6.07, 6.45) is 27.3. The molecule has 0 saturated carbocycles. The predicted molar refractivity (Wildman–Crippen MR) is 205 cm³/mol. The highest BCUT2D eigenvalue weighted by Crippen LogP contribution is 2.22. The van der Waals surface area contributed by atoms with Gasteiger partial charge in [-0.25, -0.2) is 0 Å². The number of ether oxygens (including phenoxy) is 2. The number of rotatable bonds is 36. The van der Waals surface area contributed by atoms with Crippen LogP contribution in [0.4, 0.5) is 0 Å². The fourth-order valence-corrected chi connectivity index (χ4v) is 6.65. The van der Waals surface area contributed by atoms with Gasteiger partial charge in [0.1, 0.15) is 13.2 Å². The van der Waals surface area contributed by atoms with Crippen LogP contribution >= 0.6 is 0 Å². The highest BCUT2D eigenvalue weighted by atomic mass is 16.5. The lowest BCUT2D eigenvalue weighted by Gasteiger charge is -2.26. The van der Waals surface area contributed by atoms with Gasteiger partial charge in [0.15, 0.2) is 0 Å². The van der Waals surface area contributed by atoms with Crippen molar-refractivity contribution >= 4 is 17.8 Å². The van der Waals surface area contributed by atoms with Gasteiger partial charge in [-0.1, -0.05) is 156 Å². The van der Waals surface area contributed by atoms with E-state index in [-0.39, 0.29) is 48.8 Å². The third kappa shape index (κ3) is 26.8. The fourth-order valence-electron chi connectivity index (χ4n) is 6.65. The van der Waals surface area contributed by atoms with E-state index in [1.54, 1.807) is 4.90 Å². The molecule has 0 aliphatic heterocycles. The van der Waals surface area contributed by atoms with Gasteiger partial charge in [0.2, 0.25) is 5.91 Å². The molecular formula is C42H83N2O5+. The molecule has 0 bridgehead atoms. The number of amides is 1. The maximum atomic E-state index is 13.5. The number of unbranched alkanes of at least 4 members (excludes halogenated alkanes) is 16. The maximum Gasteiger partial charge on any atom is 0.308 e. The zero-order chi connectivity index (χ0) is 36.4. The maximum absolute atomic E-state index is 13.5. The highest BCUT2D eigenvalue weighted by Gasteiger charge is 2.25. The van der Waals surface area contributed by atoms with Gasteiger partial charge in [-0.2, -0.15) is 0 Å². The molecular weight excluding hydrogens is 612 g/mol. The smallest absolute Gasteiger partial charge is 0.308 e. The number of carbonyl (C=O) groups excluding carboxylic acids is 3. The minimum absolute atomic E-state index is 0.0307. The van der Waals surface area contributed by atoms with Crippen molar-refractivity contribution in [2.24, 2.45) is 17.8 Å². The van der Waals surface area contributed by atoms with E-state index >= 15 is 0 Å². The Balaban J connectivity index is 5.22. The van der Waals surface area contributed by atoms with Crippen molar-refractivity contribution in [2.75, 3.05) is 39.4 Å². The Hall–Kier alpha value is -1.63. The molecule has 0 fully saturated rings. The second-order valence-corrected chi connectivity index (χ2v) is 14.7. The van der Waals surface area contributed by atoms with E-state index in [0.717, 1.165) is 70.8 Å². The summed E-state index contributed by atoms with van der Waals surface area (Å²) in [6.45, 7) is 15.6. The molecule has 290 valence electrons. The summed E-state index contributed by atoms with van der Waals surface area (Å²) in [5.74, 6) is -0.486. The van der Waals surface area contributed by atoms with Crippen LogP contribution in [0.25, 0.3) is 0 Å². The van der Waals surface area contributed by atoms with Crippen LogP contribution < -0.4 is 5.32 Å². The Labute approximate surface area is 304 Å². The molecule has 0 aliphatic rings. The topological polar surface area (TPSA) is 89.5 Å². The molecule has 1 amide bonds. The number of carbonyl (C=O) groups is 3. The predicted octanol–water partition coefficient (Wildman–Crippen LogP) is 9.80.